The van der Waals surface area contributed by atoms with E-state index in [1.807, 2.05) is 36.4 Å². The van der Waals surface area contributed by atoms with Crippen molar-refractivity contribution >= 4 is 48.7 Å². The molecule has 0 saturated heterocycles. The largest absolute Gasteiger partial charge is 0.505 e. The molecule has 0 radical (unpaired) electrons. The normalized spacial score (nSPS) is 11.0. The first-order valence-electron chi connectivity index (χ1n) is 6.29. The first-order chi connectivity index (χ1) is 10.0. The molecule has 1 N–H and O–H groups in total. The highest BCUT2D eigenvalue weighted by Gasteiger charge is 2.22. The summed E-state index contributed by atoms with van der Waals surface area (Å²) in [6.07, 6.45) is 0. The fourth-order valence-electron chi connectivity index (χ4n) is 2.50. The van der Waals surface area contributed by atoms with E-state index < -0.39 is 0 Å². The van der Waals surface area contributed by atoms with Gasteiger partial charge < -0.3 is 5.11 Å². The van der Waals surface area contributed by atoms with Crippen LogP contribution in [0, 0.1) is 0 Å². The minimum Gasteiger partial charge on any atom is -0.505 e. The number of benzene rings is 2. The van der Waals surface area contributed by atoms with Crippen LogP contribution in [0.25, 0.3) is 22.2 Å². The van der Waals surface area contributed by atoms with Crippen molar-refractivity contribution in [1.82, 2.24) is 4.57 Å². The third-order valence-electron chi connectivity index (χ3n) is 3.32. The van der Waals surface area contributed by atoms with Crippen molar-refractivity contribution in [2.45, 2.75) is 6.92 Å². The molecule has 2 aromatic carbocycles. The highest BCUT2D eigenvalue weighted by molar-refractivity contribution is 9.11. The maximum absolute atomic E-state index is 12.1. The maximum atomic E-state index is 12.1. The van der Waals surface area contributed by atoms with Crippen LogP contribution in [-0.4, -0.2) is 15.6 Å². The minimum absolute atomic E-state index is 0.105. The highest BCUT2D eigenvalue weighted by Crippen LogP contribution is 2.43. The van der Waals surface area contributed by atoms with Crippen molar-refractivity contribution in [2.24, 2.45) is 0 Å². The zero-order chi connectivity index (χ0) is 15.1. The van der Waals surface area contributed by atoms with Gasteiger partial charge in [-0.25, -0.2) is 0 Å². The minimum atomic E-state index is -0.151. The summed E-state index contributed by atoms with van der Waals surface area (Å²) in [5.41, 5.74) is 1.98. The second kappa shape index (κ2) is 5.31. The molecule has 0 unspecified atom stereocenters. The Bertz CT molecular complexity index is 854. The number of carbonyl (C=O) groups is 1. The maximum Gasteiger partial charge on any atom is 0.228 e. The fraction of sp³-hybridized carbons (Fsp3) is 0.0625. The van der Waals surface area contributed by atoms with E-state index in [-0.39, 0.29) is 11.7 Å². The van der Waals surface area contributed by atoms with E-state index in [0.29, 0.717) is 16.6 Å². The van der Waals surface area contributed by atoms with Gasteiger partial charge in [0.1, 0.15) is 5.75 Å². The lowest BCUT2D eigenvalue weighted by atomic mass is 10.1. The van der Waals surface area contributed by atoms with E-state index in [1.165, 1.54) is 11.5 Å². The molecule has 0 saturated carbocycles. The first-order valence-corrected chi connectivity index (χ1v) is 7.88. The molecule has 3 rings (SSSR count). The number of nitrogens with zero attached hydrogens (tertiary/aromatic N) is 1. The molecule has 0 fully saturated rings. The summed E-state index contributed by atoms with van der Waals surface area (Å²) in [4.78, 5) is 12.1. The van der Waals surface area contributed by atoms with Gasteiger partial charge in [-0.05, 0) is 28.1 Å². The zero-order valence-corrected chi connectivity index (χ0v) is 14.3. The van der Waals surface area contributed by atoms with Crippen LogP contribution < -0.4 is 0 Å². The Hall–Kier alpha value is -1.59. The van der Waals surface area contributed by atoms with Gasteiger partial charge in [0, 0.05) is 26.8 Å². The predicted octanol–water partition coefficient (Wildman–Crippen LogP) is 5.20. The summed E-state index contributed by atoms with van der Waals surface area (Å²) in [5, 5.41) is 11.2. The number of aromatic hydroxyl groups is 1. The van der Waals surface area contributed by atoms with E-state index >= 15 is 0 Å². The van der Waals surface area contributed by atoms with Crippen LogP contribution in [0.1, 0.15) is 11.7 Å². The van der Waals surface area contributed by atoms with Crippen molar-refractivity contribution < 1.29 is 9.90 Å². The van der Waals surface area contributed by atoms with E-state index in [1.54, 1.807) is 6.07 Å². The van der Waals surface area contributed by atoms with Crippen LogP contribution in [0.2, 0.25) is 0 Å². The molecule has 3 nitrogen and oxygen atoms in total. The third kappa shape index (κ3) is 2.30. The standard InChI is InChI=1S/C16H11Br2NO2/c1-9(20)19-14(10-5-3-2-4-6-10)16(21)12-7-11(17)8-13(18)15(12)19/h2-8,21H,1H3. The predicted molar refractivity (Wildman–Crippen MR) is 90.7 cm³/mol. The summed E-state index contributed by atoms with van der Waals surface area (Å²) in [7, 11) is 0. The van der Waals surface area contributed by atoms with Crippen LogP contribution in [0.5, 0.6) is 5.75 Å². The van der Waals surface area contributed by atoms with E-state index in [9.17, 15) is 9.90 Å². The average molecular weight is 409 g/mol. The molecule has 0 atom stereocenters. The highest BCUT2D eigenvalue weighted by atomic mass is 79.9. The molecule has 3 aromatic rings. The lowest BCUT2D eigenvalue weighted by Crippen LogP contribution is -2.07. The van der Waals surface area contributed by atoms with Crippen LogP contribution in [-0.2, 0) is 0 Å². The van der Waals surface area contributed by atoms with Crippen LogP contribution in [0.3, 0.4) is 0 Å². The Labute approximate surface area is 138 Å². The monoisotopic (exact) mass is 407 g/mol. The van der Waals surface area contributed by atoms with Crippen LogP contribution in [0.4, 0.5) is 0 Å². The summed E-state index contributed by atoms with van der Waals surface area (Å²) in [6.45, 7) is 1.49. The van der Waals surface area contributed by atoms with Crippen molar-refractivity contribution in [3.05, 3.63) is 51.4 Å². The molecule has 0 aliphatic carbocycles. The molecular formula is C16H11Br2NO2. The van der Waals surface area contributed by atoms with Gasteiger partial charge in [-0.2, -0.15) is 0 Å². The van der Waals surface area contributed by atoms with Gasteiger partial charge in [-0.3, -0.25) is 9.36 Å². The number of aromatic nitrogens is 1. The Morgan fingerprint density at radius 1 is 1.14 bits per heavy atom. The van der Waals surface area contributed by atoms with Crippen molar-refractivity contribution in [3.8, 4) is 17.0 Å². The lowest BCUT2D eigenvalue weighted by molar-refractivity contribution is 0.0943. The third-order valence-corrected chi connectivity index (χ3v) is 4.38. The van der Waals surface area contributed by atoms with E-state index in [4.69, 9.17) is 0 Å². The number of rotatable bonds is 1. The Morgan fingerprint density at radius 3 is 2.43 bits per heavy atom. The molecule has 0 aliphatic rings. The molecular weight excluding hydrogens is 398 g/mol. The number of carbonyl (C=O) groups excluding carboxylic acids is 1. The van der Waals surface area contributed by atoms with Gasteiger partial charge in [0.15, 0.2) is 0 Å². The Morgan fingerprint density at radius 2 is 1.81 bits per heavy atom. The summed E-state index contributed by atoms with van der Waals surface area (Å²) in [5.74, 6) is -0.0458. The quantitative estimate of drug-likeness (QED) is 0.601. The second-order valence-electron chi connectivity index (χ2n) is 4.70. The van der Waals surface area contributed by atoms with E-state index in [2.05, 4.69) is 31.9 Å². The fourth-order valence-corrected chi connectivity index (χ4v) is 3.90. The molecule has 0 amide bonds. The molecule has 21 heavy (non-hydrogen) atoms. The SMILES string of the molecule is CC(=O)n1c(-c2ccccc2)c(O)c2cc(Br)cc(Br)c21. The summed E-state index contributed by atoms with van der Waals surface area (Å²) in [6, 6.07) is 13.1. The molecule has 1 aromatic heterocycles. The number of hydrogen-bond acceptors (Lipinski definition) is 2. The first kappa shape index (κ1) is 14.4. The molecule has 0 spiro atoms. The molecule has 0 bridgehead atoms. The number of fused-ring (bicyclic) bond motifs is 1. The number of hydrogen-bond donors (Lipinski definition) is 1. The van der Waals surface area contributed by atoms with Gasteiger partial charge >= 0.3 is 0 Å². The second-order valence-corrected chi connectivity index (χ2v) is 6.47. The van der Waals surface area contributed by atoms with Crippen LogP contribution in [0.15, 0.2) is 51.4 Å². The molecule has 106 valence electrons. The van der Waals surface area contributed by atoms with E-state index in [0.717, 1.165) is 14.5 Å². The summed E-state index contributed by atoms with van der Waals surface area (Å²) < 4.78 is 3.12. The van der Waals surface area contributed by atoms with Gasteiger partial charge in [-0.15, -0.1) is 0 Å². The van der Waals surface area contributed by atoms with Crippen molar-refractivity contribution in [2.75, 3.05) is 0 Å². The molecule has 5 heteroatoms. The molecule has 0 aliphatic heterocycles. The Kier molecular flexibility index (Phi) is 3.63. The van der Waals surface area contributed by atoms with Gasteiger partial charge in [0.2, 0.25) is 5.91 Å². The van der Waals surface area contributed by atoms with Gasteiger partial charge in [0.05, 0.1) is 11.2 Å². The lowest BCUT2D eigenvalue weighted by Gasteiger charge is -2.07. The van der Waals surface area contributed by atoms with Gasteiger partial charge in [0.25, 0.3) is 0 Å². The Balaban J connectivity index is 2.50. The van der Waals surface area contributed by atoms with Gasteiger partial charge in [-0.1, -0.05) is 46.3 Å². The zero-order valence-electron chi connectivity index (χ0n) is 11.1. The van der Waals surface area contributed by atoms with Crippen molar-refractivity contribution in [3.63, 3.8) is 0 Å². The van der Waals surface area contributed by atoms with Crippen molar-refractivity contribution in [1.29, 1.82) is 0 Å². The summed E-state index contributed by atoms with van der Waals surface area (Å²) >= 11 is 6.88. The topological polar surface area (TPSA) is 42.2 Å². The number of halogens is 2. The van der Waals surface area contributed by atoms with Crippen LogP contribution >= 0.6 is 31.9 Å². The molecule has 1 heterocycles. The smallest absolute Gasteiger partial charge is 0.228 e. The average Bonchev–Trinajstić information content (AvgIpc) is 2.74.